The molecule has 0 aromatic carbocycles. The lowest BCUT2D eigenvalue weighted by Gasteiger charge is -2.21. The highest BCUT2D eigenvalue weighted by molar-refractivity contribution is 8.11. The van der Waals surface area contributed by atoms with Gasteiger partial charge in [0.05, 0.1) is 13.2 Å². The maximum Gasteiger partial charge on any atom is 0.333 e. The standard InChI is InChI=1S/C6H16O4P2S/c1-5-8-11(3,7)10-12(4,13)9-6-2/h5-6H2,1-4H3. The topological polar surface area (TPSA) is 44.8 Å². The number of rotatable bonds is 6. The molecule has 0 rings (SSSR count). The molecule has 13 heavy (non-hydrogen) atoms. The van der Waals surface area contributed by atoms with Gasteiger partial charge in [0.25, 0.3) is 0 Å². The van der Waals surface area contributed by atoms with Gasteiger partial charge in [-0.3, -0.25) is 8.88 Å². The first kappa shape index (κ1) is 13.8. The molecule has 0 saturated carbocycles. The van der Waals surface area contributed by atoms with E-state index in [9.17, 15) is 4.57 Å². The van der Waals surface area contributed by atoms with Gasteiger partial charge >= 0.3 is 7.60 Å². The third-order valence-corrected chi connectivity index (χ3v) is 5.77. The van der Waals surface area contributed by atoms with Crippen LogP contribution in [0.25, 0.3) is 0 Å². The highest BCUT2D eigenvalue weighted by Gasteiger charge is 2.24. The summed E-state index contributed by atoms with van der Waals surface area (Å²) in [5.41, 5.74) is 0. The third-order valence-electron chi connectivity index (χ3n) is 1.02. The second kappa shape index (κ2) is 5.59. The van der Waals surface area contributed by atoms with Crippen LogP contribution < -0.4 is 0 Å². The summed E-state index contributed by atoms with van der Waals surface area (Å²) in [5, 5.41) is 0. The average Bonchev–Trinajstić information content (AvgIpc) is 1.82. The molecule has 0 saturated heterocycles. The molecule has 0 N–H and O–H groups in total. The van der Waals surface area contributed by atoms with Crippen molar-refractivity contribution < 1.29 is 17.9 Å². The Morgan fingerprint density at radius 2 is 1.62 bits per heavy atom. The van der Waals surface area contributed by atoms with E-state index in [2.05, 4.69) is 0 Å². The van der Waals surface area contributed by atoms with Gasteiger partial charge in [-0.15, -0.1) is 0 Å². The van der Waals surface area contributed by atoms with Crippen molar-refractivity contribution in [1.29, 1.82) is 0 Å². The monoisotopic (exact) mass is 246 g/mol. The van der Waals surface area contributed by atoms with Gasteiger partial charge in [0.2, 0.25) is 0 Å². The van der Waals surface area contributed by atoms with Crippen molar-refractivity contribution in [2.45, 2.75) is 13.8 Å². The van der Waals surface area contributed by atoms with Gasteiger partial charge in [-0.2, -0.15) is 0 Å². The summed E-state index contributed by atoms with van der Waals surface area (Å²) in [6.45, 7) is 5.01. The van der Waals surface area contributed by atoms with Crippen molar-refractivity contribution in [2.24, 2.45) is 0 Å². The zero-order valence-electron chi connectivity index (χ0n) is 8.35. The van der Waals surface area contributed by atoms with Crippen molar-refractivity contribution >= 4 is 25.9 Å². The van der Waals surface area contributed by atoms with Crippen LogP contribution in [0.5, 0.6) is 0 Å². The molecule has 0 bridgehead atoms. The van der Waals surface area contributed by atoms with E-state index < -0.39 is 14.1 Å². The minimum absolute atomic E-state index is 0.342. The predicted molar refractivity (Wildman–Crippen MR) is 58.1 cm³/mol. The molecule has 80 valence electrons. The first-order valence-electron chi connectivity index (χ1n) is 3.98. The van der Waals surface area contributed by atoms with E-state index in [4.69, 9.17) is 25.2 Å². The Balaban J connectivity index is 4.25. The van der Waals surface area contributed by atoms with E-state index >= 15 is 0 Å². The van der Waals surface area contributed by atoms with Crippen LogP contribution in [0.3, 0.4) is 0 Å². The first-order chi connectivity index (χ1) is 5.83. The Morgan fingerprint density at radius 3 is 2.00 bits per heavy atom. The Bertz CT molecular complexity index is 219. The van der Waals surface area contributed by atoms with Crippen LogP contribution in [-0.4, -0.2) is 26.5 Å². The van der Waals surface area contributed by atoms with Crippen LogP contribution in [0.15, 0.2) is 0 Å². The summed E-state index contributed by atoms with van der Waals surface area (Å²) < 4.78 is 26.8. The van der Waals surface area contributed by atoms with Gasteiger partial charge in [-0.05, 0) is 25.7 Å². The Labute approximate surface area is 84.7 Å². The molecule has 0 heterocycles. The summed E-state index contributed by atoms with van der Waals surface area (Å²) in [5.74, 6) is 0. The lowest BCUT2D eigenvalue weighted by atomic mass is 10.9. The van der Waals surface area contributed by atoms with Gasteiger partial charge in [-0.1, -0.05) is 0 Å². The van der Waals surface area contributed by atoms with Gasteiger partial charge in [0.1, 0.15) is 0 Å². The molecule has 0 amide bonds. The minimum atomic E-state index is -3.02. The fourth-order valence-corrected chi connectivity index (χ4v) is 5.66. The van der Waals surface area contributed by atoms with Crippen LogP contribution in [-0.2, 0) is 29.7 Å². The summed E-state index contributed by atoms with van der Waals surface area (Å²) in [6, 6.07) is 0. The molecule has 0 aliphatic carbocycles. The Kier molecular flexibility index (Phi) is 5.92. The number of hydrogen-bond donors (Lipinski definition) is 0. The fraction of sp³-hybridized carbons (Fsp3) is 1.00. The first-order valence-corrected chi connectivity index (χ1v) is 9.06. The summed E-state index contributed by atoms with van der Waals surface area (Å²) in [7, 11) is -3.02. The molecule has 0 radical (unpaired) electrons. The third kappa shape index (κ3) is 6.78. The molecule has 2 unspecified atom stereocenters. The van der Waals surface area contributed by atoms with E-state index in [1.165, 1.54) is 6.66 Å². The highest BCUT2D eigenvalue weighted by atomic mass is 32.5. The molecule has 0 aromatic rings. The van der Waals surface area contributed by atoms with Crippen LogP contribution >= 0.6 is 14.1 Å². The van der Waals surface area contributed by atoms with Gasteiger partial charge < -0.3 is 9.05 Å². The minimum Gasteiger partial charge on any atom is -0.329 e. The van der Waals surface area contributed by atoms with E-state index in [0.29, 0.717) is 13.2 Å². The average molecular weight is 246 g/mol. The maximum atomic E-state index is 11.5. The largest absolute Gasteiger partial charge is 0.333 e. The van der Waals surface area contributed by atoms with Gasteiger partial charge in [0, 0.05) is 13.3 Å². The van der Waals surface area contributed by atoms with Crippen LogP contribution in [0, 0.1) is 0 Å². The Hall–Kier alpha value is 0.760. The quantitative estimate of drug-likeness (QED) is 0.674. The molecular weight excluding hydrogens is 230 g/mol. The molecule has 0 aliphatic rings. The van der Waals surface area contributed by atoms with E-state index in [0.717, 1.165) is 0 Å². The summed E-state index contributed by atoms with van der Waals surface area (Å²) >= 11 is 5.02. The fourth-order valence-electron chi connectivity index (χ4n) is 0.786. The van der Waals surface area contributed by atoms with E-state index in [1.54, 1.807) is 13.6 Å². The molecule has 2 atom stereocenters. The van der Waals surface area contributed by atoms with E-state index in [-0.39, 0.29) is 0 Å². The van der Waals surface area contributed by atoms with Crippen LogP contribution in [0.2, 0.25) is 0 Å². The van der Waals surface area contributed by atoms with E-state index in [1.807, 2.05) is 6.92 Å². The van der Waals surface area contributed by atoms with Crippen molar-refractivity contribution in [3.8, 4) is 0 Å². The molecule has 0 fully saturated rings. The van der Waals surface area contributed by atoms with Crippen molar-refractivity contribution in [1.82, 2.24) is 0 Å². The second-order valence-electron chi connectivity index (χ2n) is 2.46. The second-order valence-corrected chi connectivity index (χ2v) is 8.70. The lowest BCUT2D eigenvalue weighted by Crippen LogP contribution is -1.95. The normalized spacial score (nSPS) is 20.6. The molecule has 0 aromatic heterocycles. The van der Waals surface area contributed by atoms with Crippen molar-refractivity contribution in [3.05, 3.63) is 0 Å². The summed E-state index contributed by atoms with van der Waals surface area (Å²) in [6.07, 6.45) is 0. The maximum absolute atomic E-state index is 11.5. The SMILES string of the molecule is CCOP(C)(=O)OP(C)(=S)OCC. The molecule has 7 heteroatoms. The lowest BCUT2D eigenvalue weighted by molar-refractivity contribution is 0.269. The molecule has 4 nitrogen and oxygen atoms in total. The van der Waals surface area contributed by atoms with Gasteiger partial charge in [-0.25, -0.2) is 0 Å². The number of hydrogen-bond acceptors (Lipinski definition) is 5. The predicted octanol–water partition coefficient (Wildman–Crippen LogP) is 2.84. The zero-order chi connectivity index (χ0) is 10.5. The molecule has 0 spiro atoms. The van der Waals surface area contributed by atoms with Gasteiger partial charge in [0.15, 0.2) is 6.49 Å². The highest BCUT2D eigenvalue weighted by Crippen LogP contribution is 2.61. The zero-order valence-corrected chi connectivity index (χ0v) is 11.0. The smallest absolute Gasteiger partial charge is 0.329 e. The molecular formula is C6H16O4P2S. The Morgan fingerprint density at radius 1 is 1.15 bits per heavy atom. The molecule has 0 aliphatic heterocycles. The van der Waals surface area contributed by atoms with Crippen molar-refractivity contribution in [3.63, 3.8) is 0 Å². The van der Waals surface area contributed by atoms with Crippen LogP contribution in [0.1, 0.15) is 13.8 Å². The van der Waals surface area contributed by atoms with Crippen molar-refractivity contribution in [2.75, 3.05) is 26.5 Å². The summed E-state index contributed by atoms with van der Waals surface area (Å²) in [4.78, 5) is 0. The van der Waals surface area contributed by atoms with Crippen LogP contribution in [0.4, 0.5) is 0 Å².